The predicted molar refractivity (Wildman–Crippen MR) is 195 cm³/mol. The SMILES string of the molecule is CC1(C)c2ccccc2-c2cccc(C3=CN=C(n4c5ccccc5c5ccc6c(ccn6-c6ccccc6)c54)N4CC=CC=C34)c21. The zero-order chi connectivity index (χ0) is 31.3. The van der Waals surface area contributed by atoms with Crippen LogP contribution in [0, 0.1) is 0 Å². The van der Waals surface area contributed by atoms with Gasteiger partial charge in [-0.3, -0.25) is 4.57 Å². The number of hydrogen-bond donors (Lipinski definition) is 0. The Labute approximate surface area is 273 Å². The molecule has 47 heavy (non-hydrogen) atoms. The first kappa shape index (κ1) is 26.4. The topological polar surface area (TPSA) is 25.5 Å². The fourth-order valence-electron chi connectivity index (χ4n) is 8.35. The summed E-state index contributed by atoms with van der Waals surface area (Å²) >= 11 is 0. The lowest BCUT2D eigenvalue weighted by Gasteiger charge is -2.35. The van der Waals surface area contributed by atoms with Crippen LogP contribution in [0.2, 0.25) is 0 Å². The van der Waals surface area contributed by atoms with Crippen LogP contribution < -0.4 is 0 Å². The Hall–Kier alpha value is -5.87. The van der Waals surface area contributed by atoms with E-state index < -0.39 is 0 Å². The highest BCUT2D eigenvalue weighted by Gasteiger charge is 2.39. The van der Waals surface area contributed by atoms with Gasteiger partial charge in [-0.1, -0.05) is 111 Å². The molecule has 0 N–H and O–H groups in total. The number of benzene rings is 5. The minimum Gasteiger partial charge on any atom is -0.316 e. The van der Waals surface area contributed by atoms with Gasteiger partial charge in [-0.05, 0) is 64.2 Å². The number of hydrogen-bond acceptors (Lipinski definition) is 2. The number of allylic oxidation sites excluding steroid dienone is 3. The predicted octanol–water partition coefficient (Wildman–Crippen LogP) is 10.1. The van der Waals surface area contributed by atoms with E-state index in [1.54, 1.807) is 0 Å². The van der Waals surface area contributed by atoms with Crippen molar-refractivity contribution in [3.05, 3.63) is 168 Å². The third-order valence-electron chi connectivity index (χ3n) is 10.4. The lowest BCUT2D eigenvalue weighted by molar-refractivity contribution is 0.561. The van der Waals surface area contributed by atoms with Crippen molar-refractivity contribution in [3.8, 4) is 16.8 Å². The van der Waals surface area contributed by atoms with E-state index >= 15 is 0 Å². The molecule has 0 atom stereocenters. The molecule has 0 saturated carbocycles. The Morgan fingerprint density at radius 3 is 2.36 bits per heavy atom. The first-order valence-corrected chi connectivity index (χ1v) is 16.4. The molecular formula is C43H32N4. The van der Waals surface area contributed by atoms with Gasteiger partial charge in [0.05, 0.1) is 22.2 Å². The Bertz CT molecular complexity index is 2570. The molecule has 3 aliphatic rings. The monoisotopic (exact) mass is 604 g/mol. The molecule has 10 rings (SSSR count). The van der Waals surface area contributed by atoms with Gasteiger partial charge in [0.25, 0.3) is 0 Å². The van der Waals surface area contributed by atoms with Gasteiger partial charge in [0.2, 0.25) is 5.96 Å². The number of fused-ring (bicyclic) bond motifs is 9. The fourth-order valence-corrected chi connectivity index (χ4v) is 8.35. The molecule has 0 fully saturated rings. The first-order chi connectivity index (χ1) is 23.1. The average Bonchev–Trinajstić information content (AvgIpc) is 3.77. The molecule has 5 aromatic carbocycles. The first-order valence-electron chi connectivity index (χ1n) is 16.4. The van der Waals surface area contributed by atoms with Gasteiger partial charge in [0.1, 0.15) is 0 Å². The van der Waals surface area contributed by atoms with E-state index in [0.29, 0.717) is 0 Å². The third-order valence-corrected chi connectivity index (χ3v) is 10.4. The molecule has 0 saturated heterocycles. The van der Waals surface area contributed by atoms with Crippen molar-refractivity contribution in [2.75, 3.05) is 6.54 Å². The van der Waals surface area contributed by atoms with Gasteiger partial charge in [-0.2, -0.15) is 0 Å². The van der Waals surface area contributed by atoms with Crippen LogP contribution in [-0.2, 0) is 5.41 Å². The standard InChI is InChI=1S/C43H32N4/c1-43(2)36-19-8-6-15-29(36)31-17-12-18-32(40(31)43)35-27-44-42(46-25-11-10-20-37(35)46)47-39-21-9-7-16-30(39)33-22-23-38-34(41(33)47)24-26-45(38)28-13-4-3-5-14-28/h3-24,26-27H,25H2,1-2H3. The summed E-state index contributed by atoms with van der Waals surface area (Å²) < 4.78 is 4.67. The zero-order valence-electron chi connectivity index (χ0n) is 26.4. The Morgan fingerprint density at radius 1 is 0.660 bits per heavy atom. The molecule has 2 aliphatic heterocycles. The van der Waals surface area contributed by atoms with Gasteiger partial charge in [0, 0.05) is 51.8 Å². The number of aliphatic imine (C=N–C) groups is 1. The van der Waals surface area contributed by atoms with Crippen LogP contribution in [0.1, 0.15) is 30.5 Å². The normalized spacial score (nSPS) is 16.2. The van der Waals surface area contributed by atoms with Crippen LogP contribution in [0.3, 0.4) is 0 Å². The molecule has 224 valence electrons. The average molecular weight is 605 g/mol. The summed E-state index contributed by atoms with van der Waals surface area (Å²) in [6.07, 6.45) is 11.0. The van der Waals surface area contributed by atoms with Crippen molar-refractivity contribution in [2.24, 2.45) is 4.99 Å². The minimum absolute atomic E-state index is 0.117. The Morgan fingerprint density at radius 2 is 1.45 bits per heavy atom. The largest absolute Gasteiger partial charge is 0.316 e. The summed E-state index contributed by atoms with van der Waals surface area (Å²) in [6.45, 7) is 5.46. The van der Waals surface area contributed by atoms with Crippen molar-refractivity contribution in [2.45, 2.75) is 19.3 Å². The van der Waals surface area contributed by atoms with Crippen molar-refractivity contribution < 1.29 is 0 Å². The molecular weight excluding hydrogens is 573 g/mol. The minimum atomic E-state index is -0.117. The number of aromatic nitrogens is 2. The van der Waals surface area contributed by atoms with Gasteiger partial charge < -0.3 is 9.47 Å². The van der Waals surface area contributed by atoms with Crippen molar-refractivity contribution in [1.82, 2.24) is 14.0 Å². The van der Waals surface area contributed by atoms with E-state index in [-0.39, 0.29) is 5.41 Å². The Balaban J connectivity index is 1.23. The van der Waals surface area contributed by atoms with E-state index in [4.69, 9.17) is 4.99 Å². The highest BCUT2D eigenvalue weighted by molar-refractivity contribution is 6.22. The summed E-state index contributed by atoms with van der Waals surface area (Å²) in [7, 11) is 0. The fraction of sp³-hybridized carbons (Fsp3) is 0.0930. The van der Waals surface area contributed by atoms with E-state index in [0.717, 1.165) is 29.3 Å². The lowest BCUT2D eigenvalue weighted by atomic mass is 9.78. The van der Waals surface area contributed by atoms with Crippen molar-refractivity contribution >= 4 is 44.2 Å². The van der Waals surface area contributed by atoms with Crippen molar-refractivity contribution in [3.63, 3.8) is 0 Å². The molecule has 0 spiro atoms. The summed E-state index contributed by atoms with van der Waals surface area (Å²) in [4.78, 5) is 7.76. The van der Waals surface area contributed by atoms with Crippen LogP contribution in [0.5, 0.6) is 0 Å². The summed E-state index contributed by atoms with van der Waals surface area (Å²) in [5, 5.41) is 3.67. The van der Waals surface area contributed by atoms with Gasteiger partial charge >= 0.3 is 0 Å². The molecule has 4 heterocycles. The van der Waals surface area contributed by atoms with Crippen molar-refractivity contribution in [1.29, 1.82) is 0 Å². The second kappa shape index (κ2) is 9.57. The molecule has 0 bridgehead atoms. The maximum atomic E-state index is 5.37. The third kappa shape index (κ3) is 3.55. The molecule has 1 aliphatic carbocycles. The summed E-state index contributed by atoms with van der Waals surface area (Å²) in [5.41, 5.74) is 13.6. The maximum Gasteiger partial charge on any atom is 0.215 e. The van der Waals surface area contributed by atoms with Gasteiger partial charge in [-0.15, -0.1) is 0 Å². The molecule has 4 nitrogen and oxygen atoms in total. The van der Waals surface area contributed by atoms with E-state index in [9.17, 15) is 0 Å². The molecule has 2 aromatic heterocycles. The highest BCUT2D eigenvalue weighted by Crippen LogP contribution is 2.52. The number of nitrogens with zero attached hydrogens (tertiary/aromatic N) is 4. The lowest BCUT2D eigenvalue weighted by Crippen LogP contribution is -2.38. The summed E-state index contributed by atoms with van der Waals surface area (Å²) in [5.74, 6) is 0.922. The van der Waals surface area contributed by atoms with Gasteiger partial charge in [0.15, 0.2) is 0 Å². The van der Waals surface area contributed by atoms with Crippen LogP contribution in [0.4, 0.5) is 0 Å². The second-order valence-corrected chi connectivity index (χ2v) is 13.2. The maximum absolute atomic E-state index is 5.37. The van der Waals surface area contributed by atoms with Crippen LogP contribution in [0.25, 0.3) is 55.1 Å². The Kier molecular flexibility index (Phi) is 5.37. The zero-order valence-corrected chi connectivity index (χ0v) is 26.4. The van der Waals surface area contributed by atoms with Crippen LogP contribution in [0.15, 0.2) is 157 Å². The van der Waals surface area contributed by atoms with E-state index in [1.807, 2.05) is 0 Å². The van der Waals surface area contributed by atoms with E-state index in [2.05, 4.69) is 174 Å². The number of para-hydroxylation sites is 2. The van der Waals surface area contributed by atoms with Crippen LogP contribution >= 0.6 is 0 Å². The highest BCUT2D eigenvalue weighted by atomic mass is 15.3. The van der Waals surface area contributed by atoms with Gasteiger partial charge in [-0.25, -0.2) is 4.99 Å². The second-order valence-electron chi connectivity index (χ2n) is 13.2. The molecule has 0 radical (unpaired) electrons. The molecule has 4 heteroatoms. The summed E-state index contributed by atoms with van der Waals surface area (Å²) in [6, 6.07) is 41.7. The molecule has 0 amide bonds. The molecule has 7 aromatic rings. The smallest absolute Gasteiger partial charge is 0.215 e. The van der Waals surface area contributed by atoms with Crippen LogP contribution in [-0.4, -0.2) is 26.5 Å². The number of rotatable bonds is 2. The molecule has 0 unspecified atom stereocenters. The quantitative estimate of drug-likeness (QED) is 0.193. The van der Waals surface area contributed by atoms with E-state index in [1.165, 1.54) is 60.7 Å².